The molecule has 5 heteroatoms. The van der Waals surface area contributed by atoms with Gasteiger partial charge in [-0.3, -0.25) is 9.97 Å². The van der Waals surface area contributed by atoms with E-state index in [9.17, 15) is 0 Å². The van der Waals surface area contributed by atoms with Crippen molar-refractivity contribution in [2.24, 2.45) is 0 Å². The Bertz CT molecular complexity index is 2360. The monoisotopic (exact) mass is 565 g/mol. The van der Waals surface area contributed by atoms with Crippen LogP contribution in [0.3, 0.4) is 0 Å². The van der Waals surface area contributed by atoms with Gasteiger partial charge in [0.05, 0.1) is 27.9 Å². The molecule has 0 N–H and O–H groups in total. The fourth-order valence-electron chi connectivity index (χ4n) is 5.98. The highest BCUT2D eigenvalue weighted by molar-refractivity contribution is 6.04. The van der Waals surface area contributed by atoms with Gasteiger partial charge in [-0.1, -0.05) is 91.0 Å². The molecule has 0 unspecified atom stereocenters. The number of rotatable bonds is 4. The number of pyridine rings is 3. The first kappa shape index (κ1) is 25.9. The van der Waals surface area contributed by atoms with Crippen LogP contribution in [0.1, 0.15) is 11.3 Å². The third kappa shape index (κ3) is 4.56. The first-order chi connectivity index (χ1) is 21.6. The van der Waals surface area contributed by atoms with Crippen LogP contribution in [0.2, 0.25) is 0 Å². The standard InChI is InChI=1S/C39H27N5/c1-24-21-25(2)41-38-31(24)18-16-28-17-19-33(42-37(28)38)39-43-34(26-9-4-3-5-10-26)23-35(44-39)30-13-6-12-29(22-30)32-15-7-11-27-14-8-20-40-36(27)32/h3-23H,1-2H3. The maximum atomic E-state index is 5.13. The van der Waals surface area contributed by atoms with E-state index in [1.165, 1.54) is 5.56 Å². The van der Waals surface area contributed by atoms with Crippen molar-refractivity contribution < 1.29 is 0 Å². The van der Waals surface area contributed by atoms with E-state index in [1.54, 1.807) is 0 Å². The molecule has 0 atom stereocenters. The van der Waals surface area contributed by atoms with Gasteiger partial charge in [0, 0.05) is 44.7 Å². The minimum atomic E-state index is 0.571. The van der Waals surface area contributed by atoms with E-state index >= 15 is 0 Å². The van der Waals surface area contributed by atoms with E-state index in [1.807, 2.05) is 43.5 Å². The summed E-state index contributed by atoms with van der Waals surface area (Å²) in [6.07, 6.45) is 1.84. The van der Waals surface area contributed by atoms with E-state index < -0.39 is 0 Å². The molecule has 4 aromatic heterocycles. The van der Waals surface area contributed by atoms with E-state index in [0.717, 1.165) is 72.0 Å². The second-order valence-electron chi connectivity index (χ2n) is 11.1. The third-order valence-corrected chi connectivity index (χ3v) is 8.10. The summed E-state index contributed by atoms with van der Waals surface area (Å²) in [7, 11) is 0. The fourth-order valence-corrected chi connectivity index (χ4v) is 5.98. The molecular formula is C39H27N5. The van der Waals surface area contributed by atoms with Crippen LogP contribution in [0.25, 0.3) is 77.9 Å². The maximum absolute atomic E-state index is 5.13. The van der Waals surface area contributed by atoms with Gasteiger partial charge in [-0.2, -0.15) is 0 Å². The molecule has 0 aliphatic carbocycles. The predicted molar refractivity (Wildman–Crippen MR) is 179 cm³/mol. The topological polar surface area (TPSA) is 64.5 Å². The zero-order chi connectivity index (χ0) is 29.6. The summed E-state index contributed by atoms with van der Waals surface area (Å²) in [5, 5.41) is 3.25. The molecule has 0 spiro atoms. The lowest BCUT2D eigenvalue weighted by atomic mass is 9.98. The zero-order valence-electron chi connectivity index (χ0n) is 24.4. The summed E-state index contributed by atoms with van der Waals surface area (Å²) in [4.78, 5) is 24.8. The Morgan fingerprint density at radius 1 is 0.455 bits per heavy atom. The molecule has 0 fully saturated rings. The van der Waals surface area contributed by atoms with Crippen LogP contribution < -0.4 is 0 Å². The van der Waals surface area contributed by atoms with Gasteiger partial charge in [0.25, 0.3) is 0 Å². The molecule has 0 saturated carbocycles. The van der Waals surface area contributed by atoms with Crippen molar-refractivity contribution in [1.82, 2.24) is 24.9 Å². The number of aryl methyl sites for hydroxylation is 2. The largest absolute Gasteiger partial charge is 0.256 e. The average molecular weight is 566 g/mol. The van der Waals surface area contributed by atoms with Crippen molar-refractivity contribution in [3.05, 3.63) is 139 Å². The number of hydrogen-bond donors (Lipinski definition) is 0. The lowest BCUT2D eigenvalue weighted by molar-refractivity contribution is 1.16. The normalized spacial score (nSPS) is 11.4. The SMILES string of the molecule is Cc1cc(C)c2ccc3ccc(-c4nc(-c5ccccc5)cc(-c5cccc(-c6cccc7cccnc67)c5)n4)nc3c2n1. The Morgan fingerprint density at radius 3 is 2.07 bits per heavy atom. The molecule has 44 heavy (non-hydrogen) atoms. The van der Waals surface area contributed by atoms with Crippen LogP contribution in [-0.4, -0.2) is 24.9 Å². The molecule has 0 aliphatic heterocycles. The Morgan fingerprint density at radius 2 is 1.18 bits per heavy atom. The first-order valence-corrected chi connectivity index (χ1v) is 14.7. The van der Waals surface area contributed by atoms with E-state index in [2.05, 4.69) is 103 Å². The second-order valence-corrected chi connectivity index (χ2v) is 11.1. The number of aromatic nitrogens is 5. The van der Waals surface area contributed by atoms with Crippen molar-refractivity contribution in [1.29, 1.82) is 0 Å². The van der Waals surface area contributed by atoms with Gasteiger partial charge in [-0.05, 0) is 55.3 Å². The molecule has 208 valence electrons. The molecule has 8 aromatic rings. The third-order valence-electron chi connectivity index (χ3n) is 8.10. The van der Waals surface area contributed by atoms with Crippen LogP contribution in [0.15, 0.2) is 128 Å². The van der Waals surface area contributed by atoms with E-state index in [0.29, 0.717) is 11.5 Å². The minimum absolute atomic E-state index is 0.571. The van der Waals surface area contributed by atoms with Gasteiger partial charge in [0.2, 0.25) is 0 Å². The molecule has 0 amide bonds. The number of para-hydroxylation sites is 1. The number of benzene rings is 4. The Kier molecular flexibility index (Phi) is 6.16. The van der Waals surface area contributed by atoms with Gasteiger partial charge in [0.15, 0.2) is 5.82 Å². The van der Waals surface area contributed by atoms with Crippen LogP contribution in [0.4, 0.5) is 0 Å². The van der Waals surface area contributed by atoms with Crippen LogP contribution >= 0.6 is 0 Å². The molecule has 0 saturated heterocycles. The van der Waals surface area contributed by atoms with E-state index in [4.69, 9.17) is 19.9 Å². The second kappa shape index (κ2) is 10.5. The smallest absolute Gasteiger partial charge is 0.179 e. The lowest BCUT2D eigenvalue weighted by Gasteiger charge is -2.12. The maximum Gasteiger partial charge on any atom is 0.179 e. The quantitative estimate of drug-likeness (QED) is 0.199. The highest BCUT2D eigenvalue weighted by Crippen LogP contribution is 2.33. The fraction of sp³-hybridized carbons (Fsp3) is 0.0513. The van der Waals surface area contributed by atoms with Gasteiger partial charge in [0.1, 0.15) is 5.69 Å². The Balaban J connectivity index is 1.32. The molecule has 8 rings (SSSR count). The summed E-state index contributed by atoms with van der Waals surface area (Å²) < 4.78 is 0. The highest BCUT2D eigenvalue weighted by Gasteiger charge is 2.15. The molecular weight excluding hydrogens is 538 g/mol. The summed E-state index contributed by atoms with van der Waals surface area (Å²) in [5.74, 6) is 0.571. The minimum Gasteiger partial charge on any atom is -0.256 e. The summed E-state index contributed by atoms with van der Waals surface area (Å²) in [5.41, 5.74) is 11.5. The van der Waals surface area contributed by atoms with Crippen molar-refractivity contribution in [3.8, 4) is 45.2 Å². The Hall–Kier alpha value is -5.81. The molecule has 5 nitrogen and oxygen atoms in total. The number of nitrogens with zero attached hydrogens (tertiary/aromatic N) is 5. The summed E-state index contributed by atoms with van der Waals surface area (Å²) >= 11 is 0. The first-order valence-electron chi connectivity index (χ1n) is 14.7. The van der Waals surface area contributed by atoms with E-state index in [-0.39, 0.29) is 0 Å². The van der Waals surface area contributed by atoms with Gasteiger partial charge < -0.3 is 0 Å². The van der Waals surface area contributed by atoms with Crippen molar-refractivity contribution in [2.75, 3.05) is 0 Å². The van der Waals surface area contributed by atoms with Gasteiger partial charge in [-0.15, -0.1) is 0 Å². The van der Waals surface area contributed by atoms with Crippen LogP contribution in [0.5, 0.6) is 0 Å². The van der Waals surface area contributed by atoms with Crippen LogP contribution in [0, 0.1) is 13.8 Å². The molecule has 4 heterocycles. The van der Waals surface area contributed by atoms with Crippen molar-refractivity contribution in [3.63, 3.8) is 0 Å². The van der Waals surface area contributed by atoms with Gasteiger partial charge >= 0.3 is 0 Å². The summed E-state index contributed by atoms with van der Waals surface area (Å²) in [6, 6.07) is 41.6. The summed E-state index contributed by atoms with van der Waals surface area (Å²) in [6.45, 7) is 4.14. The average Bonchev–Trinajstić information content (AvgIpc) is 3.08. The van der Waals surface area contributed by atoms with Crippen molar-refractivity contribution >= 4 is 32.7 Å². The Labute approximate surface area is 255 Å². The molecule has 0 aliphatic rings. The van der Waals surface area contributed by atoms with Crippen LogP contribution in [-0.2, 0) is 0 Å². The number of fused-ring (bicyclic) bond motifs is 4. The van der Waals surface area contributed by atoms with Crippen molar-refractivity contribution in [2.45, 2.75) is 13.8 Å². The predicted octanol–water partition coefficient (Wildman–Crippen LogP) is 9.41. The van der Waals surface area contributed by atoms with Gasteiger partial charge in [-0.25, -0.2) is 15.0 Å². The molecule has 0 bridgehead atoms. The molecule has 0 radical (unpaired) electrons. The number of hydrogen-bond acceptors (Lipinski definition) is 5. The lowest BCUT2D eigenvalue weighted by Crippen LogP contribution is -1.98. The molecule has 4 aromatic carbocycles. The highest BCUT2D eigenvalue weighted by atomic mass is 14.9. The zero-order valence-corrected chi connectivity index (χ0v) is 24.4.